The summed E-state index contributed by atoms with van der Waals surface area (Å²) in [5.74, 6) is 0.861. The number of carbonyl (C=O) groups is 1. The second-order valence-electron chi connectivity index (χ2n) is 8.35. The predicted octanol–water partition coefficient (Wildman–Crippen LogP) is 3.40. The Hall–Kier alpha value is -3.22. The maximum absolute atomic E-state index is 12.9. The normalized spacial score (nSPS) is 14.6. The van der Waals surface area contributed by atoms with E-state index in [1.807, 2.05) is 41.0 Å². The van der Waals surface area contributed by atoms with Crippen molar-refractivity contribution in [1.29, 1.82) is 0 Å². The number of methoxy groups -OCH3 is 1. The SMILES string of the molecule is CCCn1c(=O)n(CCC(=O)NC2CCN(c3ccc(OC)cc3)CC2)c2ccccc21. The molecule has 1 amide bonds. The summed E-state index contributed by atoms with van der Waals surface area (Å²) in [6.45, 7) is 4.95. The molecule has 0 radical (unpaired) electrons. The van der Waals surface area contributed by atoms with Crippen LogP contribution in [-0.4, -0.2) is 41.3 Å². The van der Waals surface area contributed by atoms with Gasteiger partial charge in [-0.05, 0) is 55.7 Å². The van der Waals surface area contributed by atoms with Crippen LogP contribution in [0.2, 0.25) is 0 Å². The van der Waals surface area contributed by atoms with Crippen LogP contribution < -0.4 is 20.6 Å². The Bertz CT molecular complexity index is 1110. The Kier molecular flexibility index (Phi) is 6.83. The number of carbonyl (C=O) groups excluding carboxylic acids is 1. The molecule has 0 atom stereocenters. The van der Waals surface area contributed by atoms with Crippen molar-refractivity contribution in [3.8, 4) is 5.75 Å². The highest BCUT2D eigenvalue weighted by molar-refractivity contribution is 5.78. The third-order valence-corrected chi connectivity index (χ3v) is 6.23. The molecule has 0 bridgehead atoms. The Morgan fingerprint density at radius 3 is 2.22 bits per heavy atom. The van der Waals surface area contributed by atoms with Crippen LogP contribution in [0.15, 0.2) is 53.3 Å². The zero-order valence-corrected chi connectivity index (χ0v) is 18.9. The molecule has 1 N–H and O–H groups in total. The third-order valence-electron chi connectivity index (χ3n) is 6.23. The largest absolute Gasteiger partial charge is 0.497 e. The number of rotatable bonds is 8. The number of anilines is 1. The molecule has 170 valence electrons. The van der Waals surface area contributed by atoms with Gasteiger partial charge in [-0.3, -0.25) is 13.9 Å². The average Bonchev–Trinajstić information content (AvgIpc) is 3.09. The number of amides is 1. The first-order chi connectivity index (χ1) is 15.6. The standard InChI is InChI=1S/C25H32N4O3/c1-3-15-28-22-6-4-5-7-23(22)29(25(28)31)18-14-24(30)26-19-12-16-27(17-13-19)20-8-10-21(32-2)11-9-20/h4-11,19H,3,12-18H2,1-2H3,(H,26,30). The highest BCUT2D eigenvalue weighted by Gasteiger charge is 2.21. The van der Waals surface area contributed by atoms with Gasteiger partial charge in [0.1, 0.15) is 5.75 Å². The lowest BCUT2D eigenvalue weighted by Crippen LogP contribution is -2.45. The van der Waals surface area contributed by atoms with E-state index >= 15 is 0 Å². The molecule has 7 heteroatoms. The highest BCUT2D eigenvalue weighted by Crippen LogP contribution is 2.23. The van der Waals surface area contributed by atoms with Gasteiger partial charge in [-0.25, -0.2) is 4.79 Å². The molecule has 1 fully saturated rings. The van der Waals surface area contributed by atoms with E-state index in [-0.39, 0.29) is 17.6 Å². The van der Waals surface area contributed by atoms with Gasteiger partial charge in [0.25, 0.3) is 0 Å². The van der Waals surface area contributed by atoms with Crippen LogP contribution in [0.5, 0.6) is 5.75 Å². The van der Waals surface area contributed by atoms with Crippen LogP contribution in [0.25, 0.3) is 11.0 Å². The molecular formula is C25H32N4O3. The first-order valence-corrected chi connectivity index (χ1v) is 11.5. The molecule has 1 aliphatic rings. The quantitative estimate of drug-likeness (QED) is 0.588. The van der Waals surface area contributed by atoms with Crippen molar-refractivity contribution < 1.29 is 9.53 Å². The van der Waals surface area contributed by atoms with E-state index in [1.54, 1.807) is 11.7 Å². The van der Waals surface area contributed by atoms with Gasteiger partial charge >= 0.3 is 5.69 Å². The van der Waals surface area contributed by atoms with Crippen molar-refractivity contribution in [2.45, 2.75) is 51.7 Å². The van der Waals surface area contributed by atoms with E-state index in [9.17, 15) is 9.59 Å². The Morgan fingerprint density at radius 2 is 1.62 bits per heavy atom. The summed E-state index contributed by atoms with van der Waals surface area (Å²) in [4.78, 5) is 27.8. The van der Waals surface area contributed by atoms with Crippen molar-refractivity contribution >= 4 is 22.6 Å². The molecule has 7 nitrogen and oxygen atoms in total. The smallest absolute Gasteiger partial charge is 0.329 e. The van der Waals surface area contributed by atoms with Gasteiger partial charge in [0.05, 0.1) is 18.1 Å². The van der Waals surface area contributed by atoms with Gasteiger partial charge in [-0.2, -0.15) is 0 Å². The maximum Gasteiger partial charge on any atom is 0.329 e. The Labute approximate surface area is 188 Å². The summed E-state index contributed by atoms with van der Waals surface area (Å²) in [5, 5.41) is 3.17. The van der Waals surface area contributed by atoms with Crippen LogP contribution in [0.1, 0.15) is 32.6 Å². The first-order valence-electron chi connectivity index (χ1n) is 11.5. The summed E-state index contributed by atoms with van der Waals surface area (Å²) in [5.41, 5.74) is 2.98. The molecule has 0 aliphatic carbocycles. The van der Waals surface area contributed by atoms with Gasteiger partial charge in [0.15, 0.2) is 0 Å². The zero-order valence-electron chi connectivity index (χ0n) is 18.9. The molecule has 0 saturated carbocycles. The number of nitrogens with zero attached hydrogens (tertiary/aromatic N) is 3. The number of imidazole rings is 1. The average molecular weight is 437 g/mol. The topological polar surface area (TPSA) is 68.5 Å². The third kappa shape index (κ3) is 4.66. The van der Waals surface area contributed by atoms with Crippen LogP contribution in [-0.2, 0) is 17.9 Å². The summed E-state index contributed by atoms with van der Waals surface area (Å²) in [6, 6.07) is 16.1. The van der Waals surface area contributed by atoms with Crippen LogP contribution >= 0.6 is 0 Å². The predicted molar refractivity (Wildman–Crippen MR) is 127 cm³/mol. The molecule has 1 aromatic heterocycles. The minimum atomic E-state index is -0.0337. The first kappa shape index (κ1) is 22.0. The van der Waals surface area contributed by atoms with E-state index < -0.39 is 0 Å². The van der Waals surface area contributed by atoms with Crippen LogP contribution in [0, 0.1) is 0 Å². The molecule has 1 aliphatic heterocycles. The molecule has 0 spiro atoms. The summed E-state index contributed by atoms with van der Waals surface area (Å²) >= 11 is 0. The van der Waals surface area contributed by atoms with Gasteiger partial charge in [-0.15, -0.1) is 0 Å². The zero-order chi connectivity index (χ0) is 22.5. The van der Waals surface area contributed by atoms with Crippen molar-refractivity contribution in [2.75, 3.05) is 25.1 Å². The number of fused-ring (bicyclic) bond motifs is 1. The van der Waals surface area contributed by atoms with Gasteiger partial charge in [0.2, 0.25) is 5.91 Å². The highest BCUT2D eigenvalue weighted by atomic mass is 16.5. The van der Waals surface area contributed by atoms with E-state index in [0.29, 0.717) is 19.5 Å². The maximum atomic E-state index is 12.9. The van der Waals surface area contributed by atoms with E-state index in [2.05, 4.69) is 29.3 Å². The Balaban J connectivity index is 1.31. The number of nitrogens with one attached hydrogen (secondary N) is 1. The number of aryl methyl sites for hydroxylation is 2. The molecule has 2 heterocycles. The molecule has 2 aromatic carbocycles. The fourth-order valence-electron chi connectivity index (χ4n) is 4.52. The lowest BCUT2D eigenvalue weighted by molar-refractivity contribution is -0.122. The van der Waals surface area contributed by atoms with Crippen molar-refractivity contribution in [3.05, 3.63) is 59.0 Å². The monoisotopic (exact) mass is 436 g/mol. The lowest BCUT2D eigenvalue weighted by Gasteiger charge is -2.34. The number of ether oxygens (including phenoxy) is 1. The number of para-hydroxylation sites is 2. The number of hydrogen-bond donors (Lipinski definition) is 1. The van der Waals surface area contributed by atoms with Crippen LogP contribution in [0.4, 0.5) is 5.69 Å². The number of aromatic nitrogens is 2. The minimum absolute atomic E-state index is 0.00659. The molecule has 0 unspecified atom stereocenters. The second kappa shape index (κ2) is 9.94. The van der Waals surface area contributed by atoms with Gasteiger partial charge < -0.3 is 15.0 Å². The minimum Gasteiger partial charge on any atom is -0.497 e. The van der Waals surface area contributed by atoms with Gasteiger partial charge in [-0.1, -0.05) is 19.1 Å². The van der Waals surface area contributed by atoms with E-state index in [4.69, 9.17) is 4.74 Å². The summed E-state index contributed by atoms with van der Waals surface area (Å²) < 4.78 is 8.77. The molecule has 4 rings (SSSR count). The fraction of sp³-hybridized carbons (Fsp3) is 0.440. The molecular weight excluding hydrogens is 404 g/mol. The Morgan fingerprint density at radius 1 is 1.00 bits per heavy atom. The van der Waals surface area contributed by atoms with E-state index in [1.165, 1.54) is 5.69 Å². The molecule has 1 saturated heterocycles. The number of piperidine rings is 1. The van der Waals surface area contributed by atoms with Crippen molar-refractivity contribution in [2.24, 2.45) is 0 Å². The summed E-state index contributed by atoms with van der Waals surface area (Å²) in [6.07, 6.45) is 3.02. The van der Waals surface area contributed by atoms with Crippen LogP contribution in [0.3, 0.4) is 0 Å². The van der Waals surface area contributed by atoms with Crippen molar-refractivity contribution in [1.82, 2.24) is 14.5 Å². The van der Waals surface area contributed by atoms with E-state index in [0.717, 1.165) is 49.1 Å². The molecule has 3 aromatic rings. The number of hydrogen-bond acceptors (Lipinski definition) is 4. The van der Waals surface area contributed by atoms with Gasteiger partial charge in [0, 0.05) is 44.3 Å². The summed E-state index contributed by atoms with van der Waals surface area (Å²) in [7, 11) is 1.67. The second-order valence-corrected chi connectivity index (χ2v) is 8.35. The fourth-order valence-corrected chi connectivity index (χ4v) is 4.52. The number of benzene rings is 2. The lowest BCUT2D eigenvalue weighted by atomic mass is 10.0. The van der Waals surface area contributed by atoms with Crippen molar-refractivity contribution in [3.63, 3.8) is 0 Å². The molecule has 32 heavy (non-hydrogen) atoms.